The lowest BCUT2D eigenvalue weighted by atomic mass is 10.1. The molecule has 0 saturated carbocycles. The minimum absolute atomic E-state index is 0.0249. The number of hydrogen-bond donors (Lipinski definition) is 4. The van der Waals surface area contributed by atoms with Crippen LogP contribution in [-0.2, 0) is 47.9 Å². The Labute approximate surface area is 272 Å². The second-order valence-electron chi connectivity index (χ2n) is 11.2. The number of aromatic amines is 2. The molecule has 2 aliphatic rings. The molecule has 0 bridgehead atoms. The van der Waals surface area contributed by atoms with Crippen LogP contribution in [0.5, 0.6) is 0 Å². The van der Waals surface area contributed by atoms with Crippen LogP contribution in [0.25, 0.3) is 0 Å². The maximum atomic E-state index is 12.5. The normalized spacial score (nSPS) is 25.4. The van der Waals surface area contributed by atoms with Gasteiger partial charge in [-0.2, -0.15) is 5.26 Å². The maximum Gasteiger partial charge on any atom is 0.330 e. The molecule has 0 aliphatic carbocycles. The van der Waals surface area contributed by atoms with Crippen LogP contribution in [0.2, 0.25) is 0 Å². The summed E-state index contributed by atoms with van der Waals surface area (Å²) in [6.45, 7) is -1.48. The molecule has 252 valence electrons. The third-order valence-electron chi connectivity index (χ3n) is 7.83. The molecule has 0 radical (unpaired) electrons. The Morgan fingerprint density at radius 3 is 2.06 bits per heavy atom. The highest BCUT2D eigenvalue weighted by Gasteiger charge is 2.43. The Balaban J connectivity index is 1.34. The van der Waals surface area contributed by atoms with E-state index in [2.05, 4.69) is 16.0 Å². The van der Waals surface area contributed by atoms with E-state index in [0.29, 0.717) is 5.56 Å². The fourth-order valence-corrected chi connectivity index (χ4v) is 7.27. The van der Waals surface area contributed by atoms with E-state index in [-0.39, 0.29) is 43.6 Å². The number of aliphatic hydroxyl groups excluding tert-OH is 2. The molecule has 2 aliphatic heterocycles. The Hall–Kier alpha value is -3.56. The summed E-state index contributed by atoms with van der Waals surface area (Å²) in [5.74, 6) is 0. The number of benzene rings is 1. The Kier molecular flexibility index (Phi) is 10.9. The highest BCUT2D eigenvalue weighted by molar-refractivity contribution is 8.07. The monoisotopic (exact) mass is 691 g/mol. The molecule has 1 unspecified atom stereocenters. The van der Waals surface area contributed by atoms with Crippen LogP contribution < -0.4 is 22.5 Å². The molecular formula is C29H34N5O11PS. The molecule has 0 spiro atoms. The van der Waals surface area contributed by atoms with Crippen molar-refractivity contribution in [2.24, 2.45) is 0 Å². The largest absolute Gasteiger partial charge is 0.394 e. The van der Waals surface area contributed by atoms with Crippen LogP contribution in [0.4, 0.5) is 0 Å². The number of aryl methyl sites for hydroxylation is 2. The number of ether oxygens (including phenoxy) is 2. The fraction of sp³-hybridized carbons (Fsp3) is 0.483. The minimum atomic E-state index is -3.71. The Morgan fingerprint density at radius 1 is 0.936 bits per heavy atom. The highest BCUT2D eigenvalue weighted by Crippen LogP contribution is 2.54. The van der Waals surface area contributed by atoms with E-state index < -0.39 is 72.7 Å². The first-order valence-electron chi connectivity index (χ1n) is 14.7. The predicted molar refractivity (Wildman–Crippen MR) is 168 cm³/mol. The highest BCUT2D eigenvalue weighted by atomic mass is 32.5. The van der Waals surface area contributed by atoms with Crippen molar-refractivity contribution in [1.82, 2.24) is 19.1 Å². The standard InChI is InChI=1S/C29H34N5O11PS/c1-16-11-33(28(39)31-26(16)37)24-9-20(36)23(44-24)15-42-46(47,41-14-19-5-3-18(4-6-19)7-8-30)45-21-10-25(43-22(21)13-35)34-12-17(2)27(38)32-29(34)40/h3-6,11-12,20-25,35-36H,7,9-10,13-15H2,1-2H3,(H,31,37,39)(H,32,38,40)/t20-,21-,22+,23+,24+,25+,46?/m0/s1. The van der Waals surface area contributed by atoms with Crippen molar-refractivity contribution in [2.75, 3.05) is 13.2 Å². The molecule has 3 aromatic rings. The second-order valence-corrected chi connectivity index (χ2v) is 14.2. The van der Waals surface area contributed by atoms with Crippen molar-refractivity contribution in [3.8, 4) is 6.07 Å². The molecular weight excluding hydrogens is 657 g/mol. The smallest absolute Gasteiger partial charge is 0.330 e. The van der Waals surface area contributed by atoms with Crippen molar-refractivity contribution in [3.63, 3.8) is 0 Å². The van der Waals surface area contributed by atoms with Crippen LogP contribution in [-0.4, -0.2) is 66.9 Å². The molecule has 18 heteroatoms. The molecule has 2 aromatic heterocycles. The summed E-state index contributed by atoms with van der Waals surface area (Å²) in [6.07, 6.45) is -2.66. The van der Waals surface area contributed by atoms with E-state index in [0.717, 1.165) is 5.56 Å². The maximum absolute atomic E-state index is 12.5. The van der Waals surface area contributed by atoms with Gasteiger partial charge in [-0.15, -0.1) is 0 Å². The number of rotatable bonds is 12. The van der Waals surface area contributed by atoms with Crippen LogP contribution in [0.3, 0.4) is 0 Å². The Bertz CT molecular complexity index is 1920. The topological polar surface area (TPSA) is 220 Å². The van der Waals surface area contributed by atoms with Gasteiger partial charge >= 0.3 is 18.1 Å². The lowest BCUT2D eigenvalue weighted by Crippen LogP contribution is -2.33. The van der Waals surface area contributed by atoms with Gasteiger partial charge in [0, 0.05) is 36.4 Å². The van der Waals surface area contributed by atoms with Gasteiger partial charge in [0.25, 0.3) is 11.1 Å². The fourth-order valence-electron chi connectivity index (χ4n) is 5.21. The molecule has 1 aromatic carbocycles. The van der Waals surface area contributed by atoms with Crippen LogP contribution in [0, 0.1) is 25.2 Å². The Morgan fingerprint density at radius 2 is 1.49 bits per heavy atom. The average Bonchev–Trinajstić information content (AvgIpc) is 3.61. The summed E-state index contributed by atoms with van der Waals surface area (Å²) in [7, 11) is 0. The van der Waals surface area contributed by atoms with Gasteiger partial charge in [-0.3, -0.25) is 28.7 Å². The van der Waals surface area contributed by atoms with E-state index in [4.69, 9.17) is 40.1 Å². The van der Waals surface area contributed by atoms with Gasteiger partial charge in [-0.05, 0) is 36.8 Å². The average molecular weight is 692 g/mol. The van der Waals surface area contributed by atoms with E-state index in [9.17, 15) is 29.4 Å². The van der Waals surface area contributed by atoms with Crippen LogP contribution in [0.15, 0.2) is 55.8 Å². The zero-order valence-electron chi connectivity index (χ0n) is 25.4. The third kappa shape index (κ3) is 8.12. The summed E-state index contributed by atoms with van der Waals surface area (Å²) in [4.78, 5) is 53.0. The zero-order chi connectivity index (χ0) is 33.9. The number of hydrogen-bond acceptors (Lipinski definition) is 13. The molecule has 2 saturated heterocycles. The first-order valence-corrected chi connectivity index (χ1v) is 17.2. The lowest BCUT2D eigenvalue weighted by molar-refractivity contribution is -0.0552. The van der Waals surface area contributed by atoms with Crippen molar-refractivity contribution in [1.29, 1.82) is 5.26 Å². The van der Waals surface area contributed by atoms with Gasteiger partial charge < -0.3 is 33.3 Å². The van der Waals surface area contributed by atoms with Gasteiger partial charge in [0.2, 0.25) is 0 Å². The number of aromatic nitrogens is 4. The van der Waals surface area contributed by atoms with Crippen molar-refractivity contribution >= 4 is 18.5 Å². The number of aliphatic hydroxyl groups is 2. The summed E-state index contributed by atoms with van der Waals surface area (Å²) >= 11 is 5.79. The summed E-state index contributed by atoms with van der Waals surface area (Å²) in [6, 6.07) is 9.16. The number of nitrogens with zero attached hydrogens (tertiary/aromatic N) is 3. The molecule has 2 fully saturated rings. The van der Waals surface area contributed by atoms with Gasteiger partial charge in [0.15, 0.2) is 0 Å². The summed E-state index contributed by atoms with van der Waals surface area (Å²) in [5.41, 5.74) is -0.374. The van der Waals surface area contributed by atoms with Gasteiger partial charge in [0.05, 0.1) is 44.5 Å². The molecule has 47 heavy (non-hydrogen) atoms. The van der Waals surface area contributed by atoms with Crippen molar-refractivity contribution in [2.45, 2.75) is 76.6 Å². The molecule has 5 rings (SSSR count). The molecule has 4 N–H and O–H groups in total. The molecule has 16 nitrogen and oxygen atoms in total. The first kappa shape index (κ1) is 34.8. The van der Waals surface area contributed by atoms with Crippen LogP contribution >= 0.6 is 6.72 Å². The van der Waals surface area contributed by atoms with Gasteiger partial charge in [0.1, 0.15) is 24.7 Å². The van der Waals surface area contributed by atoms with Crippen LogP contribution in [0.1, 0.15) is 47.6 Å². The zero-order valence-corrected chi connectivity index (χ0v) is 27.1. The first-order chi connectivity index (χ1) is 22.4. The van der Waals surface area contributed by atoms with E-state index in [1.807, 2.05) is 0 Å². The van der Waals surface area contributed by atoms with Gasteiger partial charge in [-0.25, -0.2) is 9.59 Å². The number of H-pyrrole nitrogens is 2. The van der Waals surface area contributed by atoms with Gasteiger partial charge in [-0.1, -0.05) is 24.3 Å². The summed E-state index contributed by atoms with van der Waals surface area (Å²) in [5, 5.41) is 29.8. The number of nitriles is 1. The molecule has 4 heterocycles. The third-order valence-corrected chi connectivity index (χ3v) is 10.2. The molecule has 0 amide bonds. The molecule has 7 atom stereocenters. The minimum Gasteiger partial charge on any atom is -0.394 e. The lowest BCUT2D eigenvalue weighted by Gasteiger charge is -2.28. The van der Waals surface area contributed by atoms with Crippen molar-refractivity contribution in [3.05, 3.63) is 101 Å². The quantitative estimate of drug-likeness (QED) is 0.191. The second kappa shape index (κ2) is 14.7. The van der Waals surface area contributed by atoms with E-state index >= 15 is 0 Å². The van der Waals surface area contributed by atoms with E-state index in [1.54, 1.807) is 24.3 Å². The number of nitrogens with one attached hydrogen (secondary N) is 2. The predicted octanol–water partition coefficient (Wildman–Crippen LogP) is 0.541. The van der Waals surface area contributed by atoms with Crippen molar-refractivity contribution < 1.29 is 33.3 Å². The SMILES string of the molecule is Cc1cn([C@H]2C[C@H](OP(=S)(OCc3ccc(CC#N)cc3)OC[C@H]3O[C@@H](n4cc(C)c(=O)[nH]c4=O)C[C@@H]3O)[C@@H](CO)O2)c(=O)[nH]c1=O. The summed E-state index contributed by atoms with van der Waals surface area (Å²) < 4.78 is 32.5. The van der Waals surface area contributed by atoms with E-state index in [1.165, 1.54) is 35.4 Å².